The highest BCUT2D eigenvalue weighted by Crippen LogP contribution is 2.47. The number of rotatable bonds is 4. The first-order chi connectivity index (χ1) is 22.7. The van der Waals surface area contributed by atoms with Crippen molar-refractivity contribution in [2.75, 3.05) is 0 Å². The zero-order chi connectivity index (χ0) is 30.7. The van der Waals surface area contributed by atoms with Gasteiger partial charge in [0, 0.05) is 37.7 Å². The molecule has 9 aromatic rings. The Morgan fingerprint density at radius 3 is 1.37 bits per heavy atom. The Bertz CT molecular complexity index is 2610. The van der Waals surface area contributed by atoms with Crippen LogP contribution in [0.15, 0.2) is 164 Å². The lowest BCUT2D eigenvalue weighted by Crippen LogP contribution is -2.28. The maximum absolute atomic E-state index is 15.9. The highest BCUT2D eigenvalue weighted by Gasteiger charge is 2.34. The Labute approximate surface area is 266 Å². The second-order valence-corrected chi connectivity index (χ2v) is 14.3. The number of nitrogens with zero attached hydrogens (tertiary/aromatic N) is 2. The second-order valence-electron chi connectivity index (χ2n) is 11.6. The summed E-state index contributed by atoms with van der Waals surface area (Å²) in [4.78, 5) is 11.0. The molecule has 0 fully saturated rings. The van der Waals surface area contributed by atoms with Crippen molar-refractivity contribution in [3.05, 3.63) is 164 Å². The van der Waals surface area contributed by atoms with Crippen molar-refractivity contribution in [2.45, 2.75) is 0 Å². The molecule has 2 heterocycles. The third-order valence-electron chi connectivity index (χ3n) is 9.08. The Morgan fingerprint density at radius 1 is 0.370 bits per heavy atom. The normalized spacial score (nSPS) is 12.0. The van der Waals surface area contributed by atoms with Gasteiger partial charge in [-0.1, -0.05) is 164 Å². The lowest BCUT2D eigenvalue weighted by molar-refractivity contribution is 0.592. The van der Waals surface area contributed by atoms with Gasteiger partial charge >= 0.3 is 0 Å². The molecule has 0 saturated heterocycles. The molecule has 0 bridgehead atoms. The van der Waals surface area contributed by atoms with E-state index in [1.165, 1.54) is 10.8 Å². The molecule has 0 aliphatic heterocycles. The van der Waals surface area contributed by atoms with Crippen molar-refractivity contribution in [3.63, 3.8) is 0 Å². The Morgan fingerprint density at radius 2 is 0.783 bits per heavy atom. The lowest BCUT2D eigenvalue weighted by Gasteiger charge is -2.23. The summed E-state index contributed by atoms with van der Waals surface area (Å²) in [5.74, 6) is 0. The van der Waals surface area contributed by atoms with E-state index in [1.807, 2.05) is 84.9 Å². The summed E-state index contributed by atoms with van der Waals surface area (Å²) in [5.41, 5.74) is 4.02. The quantitative estimate of drug-likeness (QED) is 0.148. The van der Waals surface area contributed by atoms with Crippen molar-refractivity contribution < 1.29 is 4.57 Å². The summed E-state index contributed by atoms with van der Waals surface area (Å²) in [6, 6.07) is 55.3. The molecule has 0 unspecified atom stereocenters. The van der Waals surface area contributed by atoms with E-state index < -0.39 is 7.14 Å². The first-order valence-electron chi connectivity index (χ1n) is 15.5. The van der Waals surface area contributed by atoms with E-state index in [2.05, 4.69) is 78.9 Å². The first kappa shape index (κ1) is 26.7. The average molecular weight is 607 g/mol. The number of benzene rings is 7. The standard InChI is InChI=1S/C42H27N2OP/c45-46(29-18-6-2-7-19-29,30-20-8-3-9-21-30)42-36-27-15-13-25-34(36)38-37-33-24-12-10-22-31(33)32-23-11-14-26-35(32)40(37)43-39(41(38)44-42)28-16-4-1-5-17-28/h1-27H. The summed E-state index contributed by atoms with van der Waals surface area (Å²) in [6.07, 6.45) is 0. The largest absolute Gasteiger partial charge is 0.307 e. The molecule has 0 N–H and O–H groups in total. The summed E-state index contributed by atoms with van der Waals surface area (Å²) in [7, 11) is -3.42. The van der Waals surface area contributed by atoms with Crippen LogP contribution < -0.4 is 16.0 Å². The van der Waals surface area contributed by atoms with Crippen LogP contribution in [0.25, 0.3) is 65.4 Å². The van der Waals surface area contributed by atoms with E-state index in [0.717, 1.165) is 65.2 Å². The number of aromatic nitrogens is 2. The number of hydrogen-bond donors (Lipinski definition) is 0. The highest BCUT2D eigenvalue weighted by molar-refractivity contribution is 7.85. The minimum atomic E-state index is -3.42. The molecule has 0 spiro atoms. The van der Waals surface area contributed by atoms with Gasteiger partial charge in [0.15, 0.2) is 7.14 Å². The Kier molecular flexibility index (Phi) is 6.09. The number of fused-ring (bicyclic) bond motifs is 10. The number of hydrogen-bond acceptors (Lipinski definition) is 3. The molecule has 9 rings (SSSR count). The van der Waals surface area contributed by atoms with E-state index in [0.29, 0.717) is 5.44 Å². The van der Waals surface area contributed by atoms with Gasteiger partial charge in [0.1, 0.15) is 5.44 Å². The van der Waals surface area contributed by atoms with Gasteiger partial charge in [0.25, 0.3) is 0 Å². The Balaban J connectivity index is 1.57. The minimum Gasteiger partial charge on any atom is -0.307 e. The van der Waals surface area contributed by atoms with Crippen molar-refractivity contribution in [1.82, 2.24) is 9.97 Å². The van der Waals surface area contributed by atoms with Crippen molar-refractivity contribution in [1.29, 1.82) is 0 Å². The van der Waals surface area contributed by atoms with Crippen LogP contribution in [-0.2, 0) is 4.57 Å². The molecule has 46 heavy (non-hydrogen) atoms. The van der Waals surface area contributed by atoms with Crippen molar-refractivity contribution >= 4 is 77.3 Å². The Hall–Kier alpha value is -5.63. The van der Waals surface area contributed by atoms with E-state index in [9.17, 15) is 0 Å². The smallest absolute Gasteiger partial charge is 0.189 e. The fraction of sp³-hybridized carbons (Fsp3) is 0. The van der Waals surface area contributed by atoms with Gasteiger partial charge in [-0.25, -0.2) is 9.97 Å². The van der Waals surface area contributed by atoms with E-state index in [-0.39, 0.29) is 0 Å². The summed E-state index contributed by atoms with van der Waals surface area (Å²) in [6.45, 7) is 0. The molecule has 0 amide bonds. The highest BCUT2D eigenvalue weighted by atomic mass is 31.2. The molecule has 0 radical (unpaired) electrons. The molecule has 0 aliphatic rings. The van der Waals surface area contributed by atoms with Crippen LogP contribution in [0.2, 0.25) is 0 Å². The van der Waals surface area contributed by atoms with E-state index in [4.69, 9.17) is 9.97 Å². The topological polar surface area (TPSA) is 42.9 Å². The molecule has 216 valence electrons. The van der Waals surface area contributed by atoms with Gasteiger partial charge in [-0.05, 0) is 21.5 Å². The fourth-order valence-electron chi connectivity index (χ4n) is 7.03. The van der Waals surface area contributed by atoms with Crippen LogP contribution in [0.4, 0.5) is 0 Å². The lowest BCUT2D eigenvalue weighted by atomic mass is 9.92. The monoisotopic (exact) mass is 606 g/mol. The molecule has 0 aliphatic carbocycles. The van der Waals surface area contributed by atoms with Crippen LogP contribution in [0.5, 0.6) is 0 Å². The third kappa shape index (κ3) is 3.89. The zero-order valence-electron chi connectivity index (χ0n) is 24.8. The molecule has 0 saturated carbocycles. The predicted octanol–water partition coefficient (Wildman–Crippen LogP) is 9.55. The van der Waals surface area contributed by atoms with Gasteiger partial charge in [-0.2, -0.15) is 0 Å². The minimum absolute atomic E-state index is 0.580. The molecule has 0 atom stereocenters. The van der Waals surface area contributed by atoms with E-state index in [1.54, 1.807) is 0 Å². The van der Waals surface area contributed by atoms with Gasteiger partial charge in [-0.3, -0.25) is 0 Å². The third-order valence-corrected chi connectivity index (χ3v) is 12.1. The zero-order valence-corrected chi connectivity index (χ0v) is 25.7. The van der Waals surface area contributed by atoms with Crippen LogP contribution in [0.3, 0.4) is 0 Å². The van der Waals surface area contributed by atoms with Gasteiger partial charge in [0.2, 0.25) is 0 Å². The second kappa shape index (κ2) is 10.5. The van der Waals surface area contributed by atoms with Gasteiger partial charge in [-0.15, -0.1) is 0 Å². The van der Waals surface area contributed by atoms with Crippen LogP contribution in [0, 0.1) is 0 Å². The SMILES string of the molecule is O=P(c1ccccc1)(c1ccccc1)c1nc2c(-c3ccccc3)nc3c4ccccc4c4ccccc4c3c2c2ccccc12. The van der Waals surface area contributed by atoms with E-state index >= 15 is 4.57 Å². The van der Waals surface area contributed by atoms with Crippen LogP contribution in [-0.4, -0.2) is 9.97 Å². The molecule has 4 heteroatoms. The maximum Gasteiger partial charge on any atom is 0.189 e. The number of pyridine rings is 2. The van der Waals surface area contributed by atoms with Gasteiger partial charge in [0.05, 0.1) is 16.7 Å². The average Bonchev–Trinajstić information content (AvgIpc) is 3.14. The first-order valence-corrected chi connectivity index (χ1v) is 17.2. The van der Waals surface area contributed by atoms with Crippen LogP contribution >= 0.6 is 7.14 Å². The van der Waals surface area contributed by atoms with Gasteiger partial charge < -0.3 is 4.57 Å². The summed E-state index contributed by atoms with van der Waals surface area (Å²) in [5, 5.41) is 10.1. The summed E-state index contributed by atoms with van der Waals surface area (Å²) < 4.78 is 15.9. The predicted molar refractivity (Wildman–Crippen MR) is 194 cm³/mol. The van der Waals surface area contributed by atoms with Crippen molar-refractivity contribution in [2.24, 2.45) is 0 Å². The molecule has 7 aromatic carbocycles. The molecular weight excluding hydrogens is 579 g/mol. The fourth-order valence-corrected chi connectivity index (χ4v) is 9.78. The maximum atomic E-state index is 15.9. The van der Waals surface area contributed by atoms with Crippen molar-refractivity contribution in [3.8, 4) is 11.3 Å². The molecule has 3 nitrogen and oxygen atoms in total. The summed E-state index contributed by atoms with van der Waals surface area (Å²) >= 11 is 0. The van der Waals surface area contributed by atoms with Crippen LogP contribution in [0.1, 0.15) is 0 Å². The molecular formula is C42H27N2OP. The molecule has 2 aromatic heterocycles.